The average molecular weight is 249 g/mol. The van der Waals surface area contributed by atoms with E-state index in [2.05, 4.69) is 5.32 Å². The number of amides is 1. The molecule has 0 radical (unpaired) electrons. The van der Waals surface area contributed by atoms with Crippen molar-refractivity contribution in [3.63, 3.8) is 0 Å². The van der Waals surface area contributed by atoms with Gasteiger partial charge in [-0.2, -0.15) is 0 Å². The highest BCUT2D eigenvalue weighted by atomic mass is 16.5. The molecule has 4 nitrogen and oxygen atoms in total. The van der Waals surface area contributed by atoms with Crippen molar-refractivity contribution in [2.75, 3.05) is 20.3 Å². The summed E-state index contributed by atoms with van der Waals surface area (Å²) in [5.41, 5.74) is 0.991. The zero-order valence-corrected chi connectivity index (χ0v) is 10.6. The molecule has 1 heterocycles. The minimum atomic E-state index is -0.00606. The fraction of sp³-hybridized carbons (Fsp3) is 0.500. The Labute approximate surface area is 107 Å². The summed E-state index contributed by atoms with van der Waals surface area (Å²) in [6, 6.07) is 7.70. The molecule has 1 amide bonds. The third-order valence-electron chi connectivity index (χ3n) is 3.18. The van der Waals surface area contributed by atoms with Crippen molar-refractivity contribution in [1.29, 1.82) is 0 Å². The van der Waals surface area contributed by atoms with Gasteiger partial charge in [0.05, 0.1) is 19.6 Å². The number of hydrogen-bond donors (Lipinski definition) is 1. The van der Waals surface area contributed by atoms with E-state index in [4.69, 9.17) is 9.47 Å². The van der Waals surface area contributed by atoms with Crippen LogP contribution in [0, 0.1) is 5.92 Å². The van der Waals surface area contributed by atoms with Gasteiger partial charge in [0.2, 0.25) is 5.91 Å². The maximum Gasteiger partial charge on any atom is 0.225 e. The first-order chi connectivity index (χ1) is 8.81. The molecule has 1 aliphatic heterocycles. The fourth-order valence-corrected chi connectivity index (χ4v) is 2.12. The largest absolute Gasteiger partial charge is 0.496 e. The van der Waals surface area contributed by atoms with Crippen LogP contribution in [0.25, 0.3) is 0 Å². The molecule has 4 heteroatoms. The van der Waals surface area contributed by atoms with Gasteiger partial charge in [0.1, 0.15) is 5.75 Å². The first-order valence-corrected chi connectivity index (χ1v) is 6.28. The Morgan fingerprint density at radius 2 is 2.33 bits per heavy atom. The normalized spacial score (nSPS) is 19.3. The second-order valence-electron chi connectivity index (χ2n) is 4.44. The van der Waals surface area contributed by atoms with E-state index >= 15 is 0 Å². The quantitative estimate of drug-likeness (QED) is 0.884. The molecule has 1 unspecified atom stereocenters. The molecule has 1 fully saturated rings. The molecule has 1 aromatic rings. The minimum Gasteiger partial charge on any atom is -0.496 e. The predicted octanol–water partition coefficient (Wildman–Crippen LogP) is 1.74. The van der Waals surface area contributed by atoms with Crippen molar-refractivity contribution >= 4 is 5.91 Å². The molecule has 0 aliphatic carbocycles. The van der Waals surface area contributed by atoms with Gasteiger partial charge in [-0.05, 0) is 18.9 Å². The van der Waals surface area contributed by atoms with Crippen molar-refractivity contribution in [1.82, 2.24) is 5.32 Å². The zero-order valence-electron chi connectivity index (χ0n) is 10.6. The van der Waals surface area contributed by atoms with E-state index in [-0.39, 0.29) is 11.8 Å². The van der Waals surface area contributed by atoms with E-state index in [1.54, 1.807) is 7.11 Å². The molecular formula is C14H19NO3. The van der Waals surface area contributed by atoms with Crippen LogP contribution >= 0.6 is 0 Å². The molecule has 98 valence electrons. The number of nitrogens with one attached hydrogen (secondary N) is 1. The van der Waals surface area contributed by atoms with Gasteiger partial charge in [0.25, 0.3) is 0 Å². The predicted molar refractivity (Wildman–Crippen MR) is 68.4 cm³/mol. The molecule has 18 heavy (non-hydrogen) atoms. The van der Waals surface area contributed by atoms with Crippen LogP contribution < -0.4 is 10.1 Å². The number of rotatable bonds is 4. The van der Waals surface area contributed by atoms with E-state index < -0.39 is 0 Å². The lowest BCUT2D eigenvalue weighted by atomic mass is 10.0. The van der Waals surface area contributed by atoms with Crippen molar-refractivity contribution in [3.05, 3.63) is 29.8 Å². The monoisotopic (exact) mass is 249 g/mol. The number of para-hydroxylation sites is 1. The highest BCUT2D eigenvalue weighted by Gasteiger charge is 2.21. The molecule has 1 aromatic carbocycles. The maximum absolute atomic E-state index is 11.9. The molecule has 2 rings (SSSR count). The Kier molecular flexibility index (Phi) is 4.59. The van der Waals surface area contributed by atoms with Crippen LogP contribution in [0.4, 0.5) is 0 Å². The Hall–Kier alpha value is -1.55. The first kappa shape index (κ1) is 12.9. The summed E-state index contributed by atoms with van der Waals surface area (Å²) in [7, 11) is 1.63. The van der Waals surface area contributed by atoms with Crippen LogP contribution in [-0.2, 0) is 16.1 Å². The van der Waals surface area contributed by atoms with Crippen molar-refractivity contribution in [2.45, 2.75) is 19.4 Å². The van der Waals surface area contributed by atoms with Gasteiger partial charge < -0.3 is 14.8 Å². The highest BCUT2D eigenvalue weighted by molar-refractivity contribution is 5.78. The van der Waals surface area contributed by atoms with Crippen LogP contribution in [-0.4, -0.2) is 26.2 Å². The zero-order chi connectivity index (χ0) is 12.8. The molecule has 1 atom stereocenters. The Morgan fingerprint density at radius 1 is 1.50 bits per heavy atom. The second-order valence-corrected chi connectivity index (χ2v) is 4.44. The van der Waals surface area contributed by atoms with E-state index in [0.717, 1.165) is 30.8 Å². The minimum absolute atomic E-state index is 0.00606. The number of ether oxygens (including phenoxy) is 2. The molecule has 0 aromatic heterocycles. The summed E-state index contributed by atoms with van der Waals surface area (Å²) in [6.07, 6.45) is 1.88. The molecule has 0 saturated carbocycles. The second kappa shape index (κ2) is 6.40. The lowest BCUT2D eigenvalue weighted by Gasteiger charge is -2.21. The first-order valence-electron chi connectivity index (χ1n) is 6.28. The topological polar surface area (TPSA) is 47.6 Å². The van der Waals surface area contributed by atoms with Crippen LogP contribution in [0.1, 0.15) is 18.4 Å². The summed E-state index contributed by atoms with van der Waals surface area (Å²) in [4.78, 5) is 11.9. The van der Waals surface area contributed by atoms with Crippen LogP contribution in [0.3, 0.4) is 0 Å². The smallest absolute Gasteiger partial charge is 0.225 e. The van der Waals surface area contributed by atoms with E-state index in [1.807, 2.05) is 24.3 Å². The number of hydrogen-bond acceptors (Lipinski definition) is 3. The number of methoxy groups -OCH3 is 1. The van der Waals surface area contributed by atoms with E-state index in [1.165, 1.54) is 0 Å². The molecule has 1 N–H and O–H groups in total. The van der Waals surface area contributed by atoms with Crippen LogP contribution in [0.2, 0.25) is 0 Å². The SMILES string of the molecule is COc1ccccc1CNC(=O)C1CCCOC1. The number of benzene rings is 1. The average Bonchev–Trinajstić information content (AvgIpc) is 2.46. The summed E-state index contributed by atoms with van der Waals surface area (Å²) in [5.74, 6) is 0.867. The van der Waals surface area contributed by atoms with Crippen molar-refractivity contribution < 1.29 is 14.3 Å². The van der Waals surface area contributed by atoms with Gasteiger partial charge in [-0.3, -0.25) is 4.79 Å². The molecule has 0 bridgehead atoms. The van der Waals surface area contributed by atoms with Gasteiger partial charge in [-0.1, -0.05) is 18.2 Å². The number of carbonyl (C=O) groups excluding carboxylic acids is 1. The van der Waals surface area contributed by atoms with Crippen LogP contribution in [0.5, 0.6) is 5.75 Å². The molecule has 1 saturated heterocycles. The third-order valence-corrected chi connectivity index (χ3v) is 3.18. The highest BCUT2D eigenvalue weighted by Crippen LogP contribution is 2.18. The van der Waals surface area contributed by atoms with Crippen LogP contribution in [0.15, 0.2) is 24.3 Å². The van der Waals surface area contributed by atoms with Gasteiger partial charge in [-0.15, -0.1) is 0 Å². The summed E-state index contributed by atoms with van der Waals surface area (Å²) < 4.78 is 10.6. The van der Waals surface area contributed by atoms with Crippen molar-refractivity contribution in [3.8, 4) is 5.75 Å². The molecule has 1 aliphatic rings. The Bertz CT molecular complexity index is 400. The summed E-state index contributed by atoms with van der Waals surface area (Å²) in [5, 5.41) is 2.94. The van der Waals surface area contributed by atoms with E-state index in [9.17, 15) is 4.79 Å². The maximum atomic E-state index is 11.9. The van der Waals surface area contributed by atoms with Crippen molar-refractivity contribution in [2.24, 2.45) is 5.92 Å². The summed E-state index contributed by atoms with van der Waals surface area (Å²) >= 11 is 0. The third kappa shape index (κ3) is 3.23. The Morgan fingerprint density at radius 3 is 3.06 bits per heavy atom. The van der Waals surface area contributed by atoms with Gasteiger partial charge in [0.15, 0.2) is 0 Å². The lowest BCUT2D eigenvalue weighted by Crippen LogP contribution is -2.35. The van der Waals surface area contributed by atoms with Gasteiger partial charge in [-0.25, -0.2) is 0 Å². The Balaban J connectivity index is 1.88. The van der Waals surface area contributed by atoms with E-state index in [0.29, 0.717) is 13.2 Å². The standard InChI is InChI=1S/C14H19NO3/c1-17-13-7-3-2-5-11(13)9-15-14(16)12-6-4-8-18-10-12/h2-3,5,7,12H,4,6,8-10H2,1H3,(H,15,16). The molecular weight excluding hydrogens is 230 g/mol. The summed E-state index contributed by atoms with van der Waals surface area (Å²) in [6.45, 7) is 1.81. The lowest BCUT2D eigenvalue weighted by molar-refractivity contribution is -0.129. The number of carbonyl (C=O) groups is 1. The van der Waals surface area contributed by atoms with Gasteiger partial charge in [0, 0.05) is 18.7 Å². The molecule has 0 spiro atoms. The fourth-order valence-electron chi connectivity index (χ4n) is 2.12. The van der Waals surface area contributed by atoms with Gasteiger partial charge >= 0.3 is 0 Å².